The van der Waals surface area contributed by atoms with Crippen LogP contribution in [0.1, 0.15) is 30.9 Å². The molecule has 0 saturated carbocycles. The molecule has 1 saturated heterocycles. The quantitative estimate of drug-likeness (QED) is 0.607. The maximum atomic E-state index is 12.9. The molecule has 0 spiro atoms. The van der Waals surface area contributed by atoms with Gasteiger partial charge in [-0.2, -0.15) is 0 Å². The van der Waals surface area contributed by atoms with Crippen LogP contribution >= 0.6 is 23.2 Å². The Labute approximate surface area is 193 Å². The van der Waals surface area contributed by atoms with Crippen LogP contribution in [0.2, 0.25) is 10.0 Å². The van der Waals surface area contributed by atoms with E-state index in [9.17, 15) is 13.2 Å². The first kappa shape index (κ1) is 23.9. The van der Waals surface area contributed by atoms with E-state index in [0.717, 1.165) is 11.3 Å². The fourth-order valence-electron chi connectivity index (χ4n) is 3.61. The molecule has 1 atom stereocenters. The van der Waals surface area contributed by atoms with Crippen LogP contribution < -0.4 is 10.1 Å². The van der Waals surface area contributed by atoms with Crippen LogP contribution in [0.3, 0.4) is 0 Å². The van der Waals surface area contributed by atoms with Crippen molar-refractivity contribution < 1.29 is 17.9 Å². The predicted octanol–water partition coefficient (Wildman–Crippen LogP) is 4.25. The molecule has 31 heavy (non-hydrogen) atoms. The van der Waals surface area contributed by atoms with E-state index in [1.54, 1.807) is 18.2 Å². The number of hydrogen-bond donors (Lipinski definition) is 1. The lowest BCUT2D eigenvalue weighted by atomic mass is 9.98. The van der Waals surface area contributed by atoms with Gasteiger partial charge < -0.3 is 10.1 Å². The SMILES string of the molecule is CCOc1ccccc1CNC(=O)[C@@H]1CCCN(S(=O)(=O)Cc2ccc(Cl)c(Cl)c2)C1. The van der Waals surface area contributed by atoms with Crippen molar-refractivity contribution in [3.8, 4) is 5.75 Å². The second-order valence-corrected chi connectivity index (χ2v) is 10.2. The van der Waals surface area contributed by atoms with Gasteiger partial charge in [0.05, 0.1) is 28.3 Å². The highest BCUT2D eigenvalue weighted by atomic mass is 35.5. The number of carbonyl (C=O) groups is 1. The van der Waals surface area contributed by atoms with E-state index >= 15 is 0 Å². The van der Waals surface area contributed by atoms with E-state index in [4.69, 9.17) is 27.9 Å². The minimum Gasteiger partial charge on any atom is -0.494 e. The molecule has 1 aliphatic heterocycles. The molecule has 0 radical (unpaired) electrons. The first-order valence-electron chi connectivity index (χ1n) is 10.2. The first-order chi connectivity index (χ1) is 14.8. The smallest absolute Gasteiger partial charge is 0.224 e. The fraction of sp³-hybridized carbons (Fsp3) is 0.409. The Morgan fingerprint density at radius 2 is 1.97 bits per heavy atom. The summed E-state index contributed by atoms with van der Waals surface area (Å²) in [5.41, 5.74) is 1.45. The maximum absolute atomic E-state index is 12.9. The van der Waals surface area contributed by atoms with Crippen LogP contribution in [-0.4, -0.2) is 38.3 Å². The van der Waals surface area contributed by atoms with Crippen molar-refractivity contribution in [2.45, 2.75) is 32.1 Å². The van der Waals surface area contributed by atoms with Crippen LogP contribution in [0.4, 0.5) is 0 Å². The molecular formula is C22H26Cl2N2O4S. The number of piperidine rings is 1. The third kappa shape index (κ3) is 6.35. The van der Waals surface area contributed by atoms with Gasteiger partial charge in [0.2, 0.25) is 15.9 Å². The summed E-state index contributed by atoms with van der Waals surface area (Å²) in [5.74, 6) is 0.0112. The van der Waals surface area contributed by atoms with Crippen LogP contribution in [0.5, 0.6) is 5.75 Å². The largest absolute Gasteiger partial charge is 0.494 e. The predicted molar refractivity (Wildman–Crippen MR) is 123 cm³/mol. The number of para-hydroxylation sites is 1. The van der Waals surface area contributed by atoms with Gasteiger partial charge in [-0.1, -0.05) is 47.5 Å². The summed E-state index contributed by atoms with van der Waals surface area (Å²) < 4.78 is 32.8. The number of sulfonamides is 1. The Balaban J connectivity index is 1.61. The monoisotopic (exact) mass is 484 g/mol. The Morgan fingerprint density at radius 3 is 2.71 bits per heavy atom. The average molecular weight is 485 g/mol. The second kappa shape index (κ2) is 10.7. The van der Waals surface area contributed by atoms with Gasteiger partial charge in [0.15, 0.2) is 0 Å². The number of halogens is 2. The molecule has 9 heteroatoms. The zero-order chi connectivity index (χ0) is 22.4. The van der Waals surface area contributed by atoms with Crippen molar-refractivity contribution in [1.29, 1.82) is 0 Å². The molecule has 0 aliphatic carbocycles. The number of nitrogens with one attached hydrogen (secondary N) is 1. The normalized spacial score (nSPS) is 17.3. The Bertz CT molecular complexity index is 1030. The molecular weight excluding hydrogens is 459 g/mol. The van der Waals surface area contributed by atoms with Gasteiger partial charge >= 0.3 is 0 Å². The molecule has 3 rings (SSSR count). The third-order valence-electron chi connectivity index (χ3n) is 5.21. The Hall–Kier alpha value is -1.80. The Kier molecular flexibility index (Phi) is 8.22. The van der Waals surface area contributed by atoms with Gasteiger partial charge in [-0.3, -0.25) is 4.79 Å². The molecule has 1 fully saturated rings. The lowest BCUT2D eigenvalue weighted by Crippen LogP contribution is -2.45. The van der Waals surface area contributed by atoms with Gasteiger partial charge in [-0.15, -0.1) is 0 Å². The standard InChI is InChI=1S/C22H26Cl2N2O4S/c1-2-30-21-8-4-3-6-17(21)13-25-22(27)18-7-5-11-26(14-18)31(28,29)15-16-9-10-19(23)20(24)12-16/h3-4,6,8-10,12,18H,2,5,7,11,13-15H2,1H3,(H,25,27)/t18-/m1/s1. The minimum atomic E-state index is -3.58. The number of hydrogen-bond acceptors (Lipinski definition) is 4. The van der Waals surface area contributed by atoms with Crippen molar-refractivity contribution in [1.82, 2.24) is 9.62 Å². The van der Waals surface area contributed by atoms with Gasteiger partial charge in [0.25, 0.3) is 0 Å². The molecule has 0 aromatic heterocycles. The van der Waals surface area contributed by atoms with Crippen LogP contribution in [0.15, 0.2) is 42.5 Å². The van der Waals surface area contributed by atoms with E-state index in [1.807, 2.05) is 31.2 Å². The molecule has 0 unspecified atom stereocenters. The average Bonchev–Trinajstić information content (AvgIpc) is 2.75. The molecule has 1 amide bonds. The number of benzene rings is 2. The molecule has 1 N–H and O–H groups in total. The molecule has 1 heterocycles. The van der Waals surface area contributed by atoms with Crippen LogP contribution in [0, 0.1) is 5.92 Å². The summed E-state index contributed by atoms with van der Waals surface area (Å²) in [7, 11) is -3.58. The highest BCUT2D eigenvalue weighted by molar-refractivity contribution is 7.88. The van der Waals surface area contributed by atoms with Crippen LogP contribution in [0.25, 0.3) is 0 Å². The lowest BCUT2D eigenvalue weighted by molar-refractivity contribution is -0.126. The number of amides is 1. The van der Waals surface area contributed by atoms with Crippen molar-refractivity contribution in [2.24, 2.45) is 5.92 Å². The van der Waals surface area contributed by atoms with Gasteiger partial charge in [-0.25, -0.2) is 12.7 Å². The highest BCUT2D eigenvalue weighted by Crippen LogP contribution is 2.26. The molecule has 6 nitrogen and oxygen atoms in total. The van der Waals surface area contributed by atoms with Crippen LogP contribution in [-0.2, 0) is 27.1 Å². The number of nitrogens with zero attached hydrogens (tertiary/aromatic N) is 1. The highest BCUT2D eigenvalue weighted by Gasteiger charge is 2.32. The summed E-state index contributed by atoms with van der Waals surface area (Å²) in [6.45, 7) is 3.36. The third-order valence-corrected chi connectivity index (χ3v) is 7.76. The first-order valence-corrected chi connectivity index (χ1v) is 12.6. The minimum absolute atomic E-state index is 0.152. The number of carbonyl (C=O) groups excluding carboxylic acids is 1. The van der Waals surface area contributed by atoms with Gasteiger partial charge in [-0.05, 0) is 43.5 Å². The van der Waals surface area contributed by atoms with Crippen molar-refractivity contribution in [3.05, 3.63) is 63.6 Å². The van der Waals surface area contributed by atoms with Crippen molar-refractivity contribution in [3.63, 3.8) is 0 Å². The van der Waals surface area contributed by atoms with Gasteiger partial charge in [0, 0.05) is 25.2 Å². The van der Waals surface area contributed by atoms with Gasteiger partial charge in [0.1, 0.15) is 5.75 Å². The van der Waals surface area contributed by atoms with E-state index in [0.29, 0.717) is 48.1 Å². The summed E-state index contributed by atoms with van der Waals surface area (Å²) in [6.07, 6.45) is 1.28. The van der Waals surface area contributed by atoms with Crippen molar-refractivity contribution >= 4 is 39.1 Å². The number of ether oxygens (including phenoxy) is 1. The summed E-state index contributed by atoms with van der Waals surface area (Å²) in [6, 6.07) is 12.3. The van der Waals surface area contributed by atoms with Crippen molar-refractivity contribution in [2.75, 3.05) is 19.7 Å². The molecule has 2 aromatic carbocycles. The topological polar surface area (TPSA) is 75.7 Å². The molecule has 1 aliphatic rings. The maximum Gasteiger partial charge on any atom is 0.224 e. The Morgan fingerprint density at radius 1 is 1.19 bits per heavy atom. The van der Waals surface area contributed by atoms with E-state index in [1.165, 1.54) is 4.31 Å². The second-order valence-electron chi connectivity index (χ2n) is 7.46. The zero-order valence-corrected chi connectivity index (χ0v) is 19.6. The summed E-state index contributed by atoms with van der Waals surface area (Å²) >= 11 is 11.9. The summed E-state index contributed by atoms with van der Waals surface area (Å²) in [5, 5.41) is 3.63. The number of rotatable bonds is 8. The van der Waals surface area contributed by atoms with E-state index < -0.39 is 15.9 Å². The molecule has 168 valence electrons. The zero-order valence-electron chi connectivity index (χ0n) is 17.3. The molecule has 2 aromatic rings. The molecule has 0 bridgehead atoms. The van der Waals surface area contributed by atoms with E-state index in [2.05, 4.69) is 5.32 Å². The fourth-order valence-corrected chi connectivity index (χ4v) is 5.53. The van der Waals surface area contributed by atoms with E-state index in [-0.39, 0.29) is 18.2 Å². The lowest BCUT2D eigenvalue weighted by Gasteiger charge is -2.31. The summed E-state index contributed by atoms with van der Waals surface area (Å²) in [4.78, 5) is 12.7.